The van der Waals surface area contributed by atoms with Crippen molar-refractivity contribution in [2.75, 3.05) is 45.3 Å². The van der Waals surface area contributed by atoms with E-state index in [1.54, 1.807) is 25.3 Å². The SMILES string of the molecule is COCCC(=O)N(C)C[C@@]1(O)CCN(c2ccccn2)C1. The molecule has 2 rings (SSSR count). The lowest BCUT2D eigenvalue weighted by Gasteiger charge is -2.29. The van der Waals surface area contributed by atoms with Gasteiger partial charge in [0.25, 0.3) is 0 Å². The zero-order valence-electron chi connectivity index (χ0n) is 12.7. The predicted molar refractivity (Wildman–Crippen MR) is 80.1 cm³/mol. The van der Waals surface area contributed by atoms with E-state index in [9.17, 15) is 9.90 Å². The van der Waals surface area contributed by atoms with Gasteiger partial charge in [-0.1, -0.05) is 6.07 Å². The van der Waals surface area contributed by atoms with Gasteiger partial charge in [0, 0.05) is 33.4 Å². The lowest BCUT2D eigenvalue weighted by atomic mass is 10.0. The van der Waals surface area contributed by atoms with Gasteiger partial charge in [-0.05, 0) is 18.6 Å². The van der Waals surface area contributed by atoms with Crippen LogP contribution in [0.1, 0.15) is 12.8 Å². The molecule has 1 aromatic rings. The molecule has 0 aromatic carbocycles. The normalized spacial score (nSPS) is 21.6. The van der Waals surface area contributed by atoms with Crippen molar-refractivity contribution in [3.8, 4) is 0 Å². The van der Waals surface area contributed by atoms with Crippen molar-refractivity contribution in [1.29, 1.82) is 0 Å². The third kappa shape index (κ3) is 4.15. The molecule has 6 heteroatoms. The second-order valence-corrected chi connectivity index (χ2v) is 5.58. The minimum atomic E-state index is -0.880. The van der Waals surface area contributed by atoms with Gasteiger partial charge < -0.3 is 19.6 Å². The molecule has 1 saturated heterocycles. The molecule has 21 heavy (non-hydrogen) atoms. The van der Waals surface area contributed by atoms with E-state index in [4.69, 9.17) is 4.74 Å². The highest BCUT2D eigenvalue weighted by Gasteiger charge is 2.38. The molecule has 0 unspecified atom stereocenters. The van der Waals surface area contributed by atoms with Gasteiger partial charge in [-0.25, -0.2) is 4.98 Å². The van der Waals surface area contributed by atoms with E-state index in [2.05, 4.69) is 4.98 Å². The number of methoxy groups -OCH3 is 1. The quantitative estimate of drug-likeness (QED) is 0.828. The molecule has 1 aliphatic rings. The van der Waals surface area contributed by atoms with Crippen molar-refractivity contribution in [3.63, 3.8) is 0 Å². The third-order valence-corrected chi connectivity index (χ3v) is 3.78. The summed E-state index contributed by atoms with van der Waals surface area (Å²) >= 11 is 0. The van der Waals surface area contributed by atoms with Gasteiger partial charge in [0.15, 0.2) is 0 Å². The Morgan fingerprint density at radius 2 is 2.38 bits per heavy atom. The average Bonchev–Trinajstić information content (AvgIpc) is 2.87. The maximum Gasteiger partial charge on any atom is 0.224 e. The summed E-state index contributed by atoms with van der Waals surface area (Å²) in [5.74, 6) is 0.850. The molecule has 2 heterocycles. The topological polar surface area (TPSA) is 65.9 Å². The molecule has 116 valence electrons. The molecule has 1 N–H and O–H groups in total. The van der Waals surface area contributed by atoms with Gasteiger partial charge in [-0.3, -0.25) is 4.79 Å². The van der Waals surface area contributed by atoms with Crippen LogP contribution in [0.25, 0.3) is 0 Å². The molecule has 1 fully saturated rings. The molecule has 0 spiro atoms. The third-order valence-electron chi connectivity index (χ3n) is 3.78. The van der Waals surface area contributed by atoms with Crippen LogP contribution in [0.4, 0.5) is 5.82 Å². The van der Waals surface area contributed by atoms with Crippen molar-refractivity contribution < 1.29 is 14.6 Å². The molecule has 1 atom stereocenters. The van der Waals surface area contributed by atoms with Crippen molar-refractivity contribution in [2.45, 2.75) is 18.4 Å². The van der Waals surface area contributed by atoms with Gasteiger partial charge >= 0.3 is 0 Å². The number of aromatic nitrogens is 1. The smallest absolute Gasteiger partial charge is 0.224 e. The fourth-order valence-electron chi connectivity index (χ4n) is 2.63. The van der Waals surface area contributed by atoms with Gasteiger partial charge in [0.1, 0.15) is 11.4 Å². The molecule has 0 saturated carbocycles. The zero-order valence-corrected chi connectivity index (χ0v) is 12.7. The molecule has 0 aliphatic carbocycles. The van der Waals surface area contributed by atoms with E-state index in [-0.39, 0.29) is 5.91 Å². The number of aliphatic hydroxyl groups is 1. The molecule has 0 radical (unpaired) electrons. The van der Waals surface area contributed by atoms with Crippen molar-refractivity contribution in [2.24, 2.45) is 0 Å². The van der Waals surface area contributed by atoms with E-state index in [1.807, 2.05) is 23.1 Å². The fraction of sp³-hybridized carbons (Fsp3) is 0.600. The van der Waals surface area contributed by atoms with Crippen molar-refractivity contribution >= 4 is 11.7 Å². The largest absolute Gasteiger partial charge is 0.386 e. The highest BCUT2D eigenvalue weighted by Crippen LogP contribution is 2.26. The van der Waals surface area contributed by atoms with Crippen LogP contribution in [-0.2, 0) is 9.53 Å². The van der Waals surface area contributed by atoms with Crippen LogP contribution in [-0.4, -0.2) is 66.9 Å². The summed E-state index contributed by atoms with van der Waals surface area (Å²) in [6.07, 6.45) is 2.71. The summed E-state index contributed by atoms with van der Waals surface area (Å²) in [7, 11) is 3.29. The molecule has 1 aliphatic heterocycles. The first-order chi connectivity index (χ1) is 10.0. The second-order valence-electron chi connectivity index (χ2n) is 5.58. The van der Waals surface area contributed by atoms with Crippen LogP contribution in [0.3, 0.4) is 0 Å². The Balaban J connectivity index is 1.90. The first-order valence-electron chi connectivity index (χ1n) is 7.15. The number of likely N-dealkylation sites (N-methyl/N-ethyl adjacent to an activating group) is 1. The average molecular weight is 293 g/mol. The maximum absolute atomic E-state index is 11.9. The van der Waals surface area contributed by atoms with Gasteiger partial charge in [0.05, 0.1) is 19.6 Å². The van der Waals surface area contributed by atoms with Gasteiger partial charge in [-0.15, -0.1) is 0 Å². The Kier molecular flexibility index (Phi) is 5.14. The number of anilines is 1. The molecule has 6 nitrogen and oxygen atoms in total. The van der Waals surface area contributed by atoms with Gasteiger partial charge in [0.2, 0.25) is 5.91 Å². The van der Waals surface area contributed by atoms with E-state index in [0.717, 1.165) is 12.4 Å². The summed E-state index contributed by atoms with van der Waals surface area (Å²) in [5.41, 5.74) is -0.880. The van der Waals surface area contributed by atoms with Crippen LogP contribution in [0.15, 0.2) is 24.4 Å². The predicted octanol–water partition coefficient (Wildman–Crippen LogP) is 0.518. The van der Waals surface area contributed by atoms with Crippen molar-refractivity contribution in [1.82, 2.24) is 9.88 Å². The number of hydrogen-bond donors (Lipinski definition) is 1. The van der Waals surface area contributed by atoms with Crippen LogP contribution in [0.2, 0.25) is 0 Å². The highest BCUT2D eigenvalue weighted by atomic mass is 16.5. The number of hydrogen-bond acceptors (Lipinski definition) is 5. The van der Waals surface area contributed by atoms with Gasteiger partial charge in [-0.2, -0.15) is 0 Å². The monoisotopic (exact) mass is 293 g/mol. The van der Waals surface area contributed by atoms with Crippen LogP contribution in [0.5, 0.6) is 0 Å². The highest BCUT2D eigenvalue weighted by molar-refractivity contribution is 5.76. The number of pyridine rings is 1. The Morgan fingerprint density at radius 1 is 1.57 bits per heavy atom. The Morgan fingerprint density at radius 3 is 3.05 bits per heavy atom. The summed E-state index contributed by atoms with van der Waals surface area (Å²) in [4.78, 5) is 19.8. The van der Waals surface area contributed by atoms with Crippen LogP contribution in [0, 0.1) is 0 Å². The molecule has 1 amide bonds. The molecule has 1 aromatic heterocycles. The first kappa shape index (κ1) is 15.7. The van der Waals surface area contributed by atoms with Crippen LogP contribution >= 0.6 is 0 Å². The second kappa shape index (κ2) is 6.87. The minimum Gasteiger partial charge on any atom is -0.386 e. The zero-order chi connectivity index (χ0) is 15.3. The summed E-state index contributed by atoms with van der Waals surface area (Å²) < 4.78 is 4.91. The summed E-state index contributed by atoms with van der Waals surface area (Å²) in [6, 6.07) is 5.73. The first-order valence-corrected chi connectivity index (χ1v) is 7.15. The number of carbonyl (C=O) groups is 1. The number of ether oxygens (including phenoxy) is 1. The summed E-state index contributed by atoms with van der Waals surface area (Å²) in [6.45, 7) is 1.97. The Hall–Kier alpha value is -1.66. The van der Waals surface area contributed by atoms with E-state index in [1.165, 1.54) is 0 Å². The van der Waals surface area contributed by atoms with E-state index < -0.39 is 5.60 Å². The minimum absolute atomic E-state index is 0.0124. The Labute approximate surface area is 125 Å². The number of carbonyl (C=O) groups excluding carboxylic acids is 1. The number of amides is 1. The lowest BCUT2D eigenvalue weighted by molar-refractivity contribution is -0.133. The number of β-amino-alcohol motifs (C(OH)–C–C–N with tert-alkyl or cyclic N) is 1. The summed E-state index contributed by atoms with van der Waals surface area (Å²) in [5, 5.41) is 10.7. The van der Waals surface area contributed by atoms with E-state index in [0.29, 0.717) is 32.5 Å². The van der Waals surface area contributed by atoms with Crippen molar-refractivity contribution in [3.05, 3.63) is 24.4 Å². The fourth-order valence-corrected chi connectivity index (χ4v) is 2.63. The standard InChI is InChI=1S/C15H23N3O3/c1-17(14(19)6-10-21-2)11-15(20)7-9-18(12-15)13-5-3-4-8-16-13/h3-5,8,20H,6-7,9-12H2,1-2H3/t15-/m0/s1. The maximum atomic E-state index is 11.9. The van der Waals surface area contributed by atoms with E-state index >= 15 is 0 Å². The number of rotatable bonds is 6. The lowest BCUT2D eigenvalue weighted by Crippen LogP contribution is -2.46. The molecular formula is C15H23N3O3. The van der Waals surface area contributed by atoms with Crippen LogP contribution < -0.4 is 4.90 Å². The molecular weight excluding hydrogens is 270 g/mol. The Bertz CT molecular complexity index is 468. The number of nitrogens with zero attached hydrogens (tertiary/aromatic N) is 3. The molecule has 0 bridgehead atoms.